The molecule has 0 saturated carbocycles. The lowest BCUT2D eigenvalue weighted by Crippen LogP contribution is -2.18. The number of carboxylic acids is 1. The second-order valence-corrected chi connectivity index (χ2v) is 9.16. The molecule has 0 rings (SSSR count). The molecule has 5 nitrogen and oxygen atoms in total. The Kier molecular flexibility index (Phi) is 12.6. The van der Waals surface area contributed by atoms with Gasteiger partial charge in [0.05, 0.1) is 19.1 Å². The van der Waals surface area contributed by atoms with Crippen molar-refractivity contribution in [3.8, 4) is 0 Å². The van der Waals surface area contributed by atoms with Crippen LogP contribution >= 0.6 is 0 Å². The van der Waals surface area contributed by atoms with Crippen molar-refractivity contribution < 1.29 is 24.5 Å². The fourth-order valence-corrected chi connectivity index (χ4v) is 3.29. The Morgan fingerprint density at radius 2 is 1.42 bits per heavy atom. The van der Waals surface area contributed by atoms with Crippen molar-refractivity contribution in [2.24, 2.45) is 10.8 Å². The van der Waals surface area contributed by atoms with Crippen LogP contribution in [0.5, 0.6) is 0 Å². The van der Waals surface area contributed by atoms with Crippen LogP contribution in [-0.2, 0) is 14.3 Å². The molecule has 0 fully saturated rings. The van der Waals surface area contributed by atoms with Crippen LogP contribution in [0.1, 0.15) is 98.3 Å². The van der Waals surface area contributed by atoms with Gasteiger partial charge in [0.15, 0.2) is 0 Å². The predicted octanol–water partition coefficient (Wildman–Crippen LogP) is 4.95. The van der Waals surface area contributed by atoms with Crippen molar-refractivity contribution in [3.63, 3.8) is 0 Å². The van der Waals surface area contributed by atoms with Crippen molar-refractivity contribution in [1.29, 1.82) is 0 Å². The Bertz CT molecular complexity index is 390. The standard InChI is InChI=1S/C21H40O5/c1-20(2,15-19(24)25)13-9-5-7-11-18(23)12-8-6-10-14-21(3,4)16-26-17-22/h17-18,23H,5-16H2,1-4H3,(H,24,25). The molecular formula is C21H40O5. The average molecular weight is 373 g/mol. The Morgan fingerprint density at radius 3 is 1.88 bits per heavy atom. The summed E-state index contributed by atoms with van der Waals surface area (Å²) in [5, 5.41) is 18.9. The Hall–Kier alpha value is -1.10. The molecule has 1 atom stereocenters. The zero-order valence-electron chi connectivity index (χ0n) is 17.3. The van der Waals surface area contributed by atoms with E-state index in [1.807, 2.05) is 13.8 Å². The maximum atomic E-state index is 10.8. The van der Waals surface area contributed by atoms with Gasteiger partial charge in [-0.2, -0.15) is 0 Å². The summed E-state index contributed by atoms with van der Waals surface area (Å²) in [5.41, 5.74) is -0.122. The predicted molar refractivity (Wildman–Crippen MR) is 104 cm³/mol. The molecule has 1 unspecified atom stereocenters. The number of aliphatic hydroxyl groups is 1. The molecule has 154 valence electrons. The molecule has 0 aliphatic heterocycles. The zero-order chi connectivity index (χ0) is 20.1. The molecule has 0 aromatic carbocycles. The maximum Gasteiger partial charge on any atom is 0.303 e. The van der Waals surface area contributed by atoms with Gasteiger partial charge >= 0.3 is 5.97 Å². The number of hydrogen-bond donors (Lipinski definition) is 2. The Morgan fingerprint density at radius 1 is 0.923 bits per heavy atom. The molecule has 0 heterocycles. The van der Waals surface area contributed by atoms with Crippen LogP contribution in [0.2, 0.25) is 0 Å². The van der Waals surface area contributed by atoms with Crippen LogP contribution in [0.3, 0.4) is 0 Å². The molecule has 0 amide bonds. The number of carbonyl (C=O) groups excluding carboxylic acids is 1. The van der Waals surface area contributed by atoms with E-state index in [9.17, 15) is 14.7 Å². The van der Waals surface area contributed by atoms with Gasteiger partial charge in [0, 0.05) is 0 Å². The zero-order valence-corrected chi connectivity index (χ0v) is 17.3. The number of ether oxygens (including phenoxy) is 1. The van der Waals surface area contributed by atoms with Gasteiger partial charge in [-0.3, -0.25) is 9.59 Å². The van der Waals surface area contributed by atoms with Gasteiger partial charge in [0.25, 0.3) is 6.47 Å². The molecule has 26 heavy (non-hydrogen) atoms. The van der Waals surface area contributed by atoms with Crippen molar-refractivity contribution in [2.45, 2.75) is 104 Å². The van der Waals surface area contributed by atoms with E-state index in [0.29, 0.717) is 13.1 Å². The van der Waals surface area contributed by atoms with E-state index >= 15 is 0 Å². The molecule has 0 aliphatic carbocycles. The second-order valence-electron chi connectivity index (χ2n) is 9.16. The molecule has 5 heteroatoms. The van der Waals surface area contributed by atoms with E-state index < -0.39 is 5.97 Å². The average Bonchev–Trinajstić information content (AvgIpc) is 2.51. The summed E-state index contributed by atoms with van der Waals surface area (Å²) in [6.07, 6.45) is 9.86. The minimum Gasteiger partial charge on any atom is -0.481 e. The lowest BCUT2D eigenvalue weighted by atomic mass is 9.83. The highest BCUT2D eigenvalue weighted by Gasteiger charge is 2.21. The highest BCUT2D eigenvalue weighted by Crippen LogP contribution is 2.28. The summed E-state index contributed by atoms with van der Waals surface area (Å²) >= 11 is 0. The van der Waals surface area contributed by atoms with Crippen molar-refractivity contribution in [1.82, 2.24) is 0 Å². The van der Waals surface area contributed by atoms with Gasteiger partial charge in [0.1, 0.15) is 0 Å². The van der Waals surface area contributed by atoms with Gasteiger partial charge in [-0.1, -0.05) is 66.2 Å². The van der Waals surface area contributed by atoms with Gasteiger partial charge in [-0.25, -0.2) is 0 Å². The van der Waals surface area contributed by atoms with Crippen LogP contribution in [0.15, 0.2) is 0 Å². The summed E-state index contributed by atoms with van der Waals surface area (Å²) in [6.45, 7) is 9.17. The van der Waals surface area contributed by atoms with Gasteiger partial charge in [0.2, 0.25) is 0 Å². The summed E-state index contributed by atoms with van der Waals surface area (Å²) < 4.78 is 4.85. The van der Waals surface area contributed by atoms with E-state index in [1.165, 1.54) is 0 Å². The minimum absolute atomic E-state index is 0.0218. The number of hydrogen-bond acceptors (Lipinski definition) is 4. The quantitative estimate of drug-likeness (QED) is 0.279. The van der Waals surface area contributed by atoms with Crippen molar-refractivity contribution in [2.75, 3.05) is 6.61 Å². The largest absolute Gasteiger partial charge is 0.481 e. The number of aliphatic hydroxyl groups excluding tert-OH is 1. The number of carbonyl (C=O) groups is 2. The molecule has 0 bridgehead atoms. The van der Waals surface area contributed by atoms with E-state index in [2.05, 4.69) is 13.8 Å². The first kappa shape index (κ1) is 24.9. The number of aliphatic carboxylic acids is 1. The van der Waals surface area contributed by atoms with Crippen molar-refractivity contribution >= 4 is 12.4 Å². The fourth-order valence-electron chi connectivity index (χ4n) is 3.29. The first-order chi connectivity index (χ1) is 12.1. The number of carboxylic acid groups (broad SMARTS) is 1. The van der Waals surface area contributed by atoms with E-state index in [-0.39, 0.29) is 23.4 Å². The maximum absolute atomic E-state index is 10.8. The van der Waals surface area contributed by atoms with Gasteiger partial charge in [-0.05, 0) is 36.5 Å². The van der Waals surface area contributed by atoms with Crippen LogP contribution < -0.4 is 0 Å². The first-order valence-electron chi connectivity index (χ1n) is 10.0. The number of unbranched alkanes of at least 4 members (excludes halogenated alkanes) is 4. The van der Waals surface area contributed by atoms with Crippen LogP contribution in [0, 0.1) is 10.8 Å². The molecule has 0 aliphatic rings. The highest BCUT2D eigenvalue weighted by molar-refractivity contribution is 5.67. The molecular weight excluding hydrogens is 332 g/mol. The molecule has 0 radical (unpaired) electrons. The fraction of sp³-hybridized carbons (Fsp3) is 0.905. The second kappa shape index (κ2) is 13.1. The third kappa shape index (κ3) is 15.2. The normalized spacial score (nSPS) is 13.4. The van der Waals surface area contributed by atoms with Gasteiger partial charge < -0.3 is 14.9 Å². The lowest BCUT2D eigenvalue weighted by Gasteiger charge is -2.23. The topological polar surface area (TPSA) is 83.8 Å². The van der Waals surface area contributed by atoms with Crippen LogP contribution in [0.25, 0.3) is 0 Å². The Labute approximate surface area is 159 Å². The summed E-state index contributed by atoms with van der Waals surface area (Å²) in [6, 6.07) is 0. The summed E-state index contributed by atoms with van der Waals surface area (Å²) in [5.74, 6) is -0.731. The molecule has 2 N–H and O–H groups in total. The summed E-state index contributed by atoms with van der Waals surface area (Å²) in [7, 11) is 0. The first-order valence-corrected chi connectivity index (χ1v) is 10.0. The van der Waals surface area contributed by atoms with E-state index in [0.717, 1.165) is 64.2 Å². The van der Waals surface area contributed by atoms with E-state index in [1.54, 1.807) is 0 Å². The number of rotatable bonds is 17. The highest BCUT2D eigenvalue weighted by atomic mass is 16.5. The van der Waals surface area contributed by atoms with E-state index in [4.69, 9.17) is 9.84 Å². The van der Waals surface area contributed by atoms with Crippen LogP contribution in [-0.4, -0.2) is 35.4 Å². The smallest absolute Gasteiger partial charge is 0.303 e. The Balaban J connectivity index is 3.62. The third-order valence-corrected chi connectivity index (χ3v) is 4.95. The van der Waals surface area contributed by atoms with Crippen LogP contribution in [0.4, 0.5) is 0 Å². The SMILES string of the molecule is CC(C)(CCCCCC(O)CCCCCC(C)(C)CC(=O)O)COC=O. The molecule has 0 spiro atoms. The van der Waals surface area contributed by atoms with Gasteiger partial charge in [-0.15, -0.1) is 0 Å². The monoisotopic (exact) mass is 372 g/mol. The lowest BCUT2D eigenvalue weighted by molar-refractivity contribution is -0.139. The molecule has 0 aromatic rings. The minimum atomic E-state index is -0.731. The molecule has 0 aromatic heterocycles. The molecule has 0 saturated heterocycles. The van der Waals surface area contributed by atoms with Crippen molar-refractivity contribution in [3.05, 3.63) is 0 Å². The third-order valence-electron chi connectivity index (χ3n) is 4.95. The summed E-state index contributed by atoms with van der Waals surface area (Å²) in [4.78, 5) is 21.0.